The van der Waals surface area contributed by atoms with Gasteiger partial charge in [-0.3, -0.25) is 5.10 Å². The summed E-state index contributed by atoms with van der Waals surface area (Å²) >= 11 is 3.26. The maximum Gasteiger partial charge on any atom is 0.158 e. The first kappa shape index (κ1) is 9.33. The van der Waals surface area contributed by atoms with Crippen LogP contribution < -0.4 is 0 Å². The second-order valence-corrected chi connectivity index (χ2v) is 3.72. The smallest absolute Gasteiger partial charge is 0.158 e. The standard InChI is InChI=1S/C9H7BrFN3/c1-5-7(10)3-2-6(8(5)11)9-12-4-13-14-9/h2-4H,1H3,(H,12,13,14). The summed E-state index contributed by atoms with van der Waals surface area (Å²) in [6.07, 6.45) is 1.35. The summed E-state index contributed by atoms with van der Waals surface area (Å²) in [5.41, 5.74) is 1.00. The zero-order valence-electron chi connectivity index (χ0n) is 7.38. The average molecular weight is 256 g/mol. The molecule has 1 aromatic heterocycles. The number of halogens is 2. The van der Waals surface area contributed by atoms with E-state index in [4.69, 9.17) is 0 Å². The third-order valence-electron chi connectivity index (χ3n) is 1.99. The summed E-state index contributed by atoms with van der Waals surface area (Å²) in [5.74, 6) is 0.161. The number of nitrogens with one attached hydrogen (secondary N) is 1. The summed E-state index contributed by atoms with van der Waals surface area (Å²) in [5, 5.41) is 6.30. The van der Waals surface area contributed by atoms with Gasteiger partial charge in [0.1, 0.15) is 12.1 Å². The minimum atomic E-state index is -0.281. The van der Waals surface area contributed by atoms with Crippen LogP contribution in [0.15, 0.2) is 22.9 Å². The molecule has 0 spiro atoms. The molecule has 5 heteroatoms. The molecular formula is C9H7BrFN3. The van der Waals surface area contributed by atoms with E-state index in [9.17, 15) is 4.39 Å². The Kier molecular flexibility index (Phi) is 2.33. The van der Waals surface area contributed by atoms with Gasteiger partial charge >= 0.3 is 0 Å². The van der Waals surface area contributed by atoms with E-state index in [0.717, 1.165) is 4.47 Å². The molecule has 0 aliphatic heterocycles. The van der Waals surface area contributed by atoms with Crippen molar-refractivity contribution in [1.82, 2.24) is 15.2 Å². The largest absolute Gasteiger partial charge is 0.259 e. The van der Waals surface area contributed by atoms with Gasteiger partial charge in [-0.25, -0.2) is 9.37 Å². The van der Waals surface area contributed by atoms with E-state index in [0.29, 0.717) is 17.0 Å². The highest BCUT2D eigenvalue weighted by Gasteiger charge is 2.11. The highest BCUT2D eigenvalue weighted by atomic mass is 79.9. The predicted molar refractivity (Wildman–Crippen MR) is 54.2 cm³/mol. The zero-order chi connectivity index (χ0) is 10.1. The average Bonchev–Trinajstić information content (AvgIpc) is 2.67. The van der Waals surface area contributed by atoms with Gasteiger partial charge in [-0.1, -0.05) is 15.9 Å². The van der Waals surface area contributed by atoms with E-state index in [1.165, 1.54) is 6.33 Å². The lowest BCUT2D eigenvalue weighted by molar-refractivity contribution is 0.619. The Labute approximate surface area is 88.5 Å². The SMILES string of the molecule is Cc1c(Br)ccc(-c2ncn[nH]2)c1F. The van der Waals surface area contributed by atoms with Crippen LogP contribution in [-0.2, 0) is 0 Å². The summed E-state index contributed by atoms with van der Waals surface area (Å²) in [6, 6.07) is 3.45. The van der Waals surface area contributed by atoms with Crippen molar-refractivity contribution in [1.29, 1.82) is 0 Å². The lowest BCUT2D eigenvalue weighted by atomic mass is 10.1. The second-order valence-electron chi connectivity index (χ2n) is 2.87. The Morgan fingerprint density at radius 3 is 2.86 bits per heavy atom. The zero-order valence-corrected chi connectivity index (χ0v) is 8.97. The van der Waals surface area contributed by atoms with E-state index in [1.807, 2.05) is 0 Å². The van der Waals surface area contributed by atoms with Crippen LogP contribution in [0.4, 0.5) is 4.39 Å². The maximum absolute atomic E-state index is 13.7. The molecule has 0 fully saturated rings. The van der Waals surface area contributed by atoms with Crippen LogP contribution in [0.5, 0.6) is 0 Å². The van der Waals surface area contributed by atoms with Crippen molar-refractivity contribution in [2.24, 2.45) is 0 Å². The van der Waals surface area contributed by atoms with Crippen molar-refractivity contribution in [3.8, 4) is 11.4 Å². The first-order valence-electron chi connectivity index (χ1n) is 4.00. The van der Waals surface area contributed by atoms with Gasteiger partial charge in [0, 0.05) is 4.47 Å². The third kappa shape index (κ3) is 1.43. The molecule has 1 aromatic carbocycles. The second kappa shape index (κ2) is 3.49. The van der Waals surface area contributed by atoms with Crippen molar-refractivity contribution < 1.29 is 4.39 Å². The molecule has 1 N–H and O–H groups in total. The Morgan fingerprint density at radius 1 is 1.43 bits per heavy atom. The molecule has 0 radical (unpaired) electrons. The lowest BCUT2D eigenvalue weighted by Gasteiger charge is -2.03. The molecule has 0 aliphatic carbocycles. The molecular weight excluding hydrogens is 249 g/mol. The summed E-state index contributed by atoms with van der Waals surface area (Å²) in [4.78, 5) is 3.90. The van der Waals surface area contributed by atoms with Crippen LogP contribution in [0.3, 0.4) is 0 Å². The molecule has 14 heavy (non-hydrogen) atoms. The first-order chi connectivity index (χ1) is 6.70. The van der Waals surface area contributed by atoms with Crippen molar-refractivity contribution in [3.63, 3.8) is 0 Å². The molecule has 0 aliphatic rings. The minimum absolute atomic E-state index is 0.281. The van der Waals surface area contributed by atoms with Crippen molar-refractivity contribution in [2.45, 2.75) is 6.92 Å². The number of benzene rings is 1. The first-order valence-corrected chi connectivity index (χ1v) is 4.80. The van der Waals surface area contributed by atoms with E-state index in [2.05, 4.69) is 31.1 Å². The third-order valence-corrected chi connectivity index (χ3v) is 2.85. The van der Waals surface area contributed by atoms with Gasteiger partial charge < -0.3 is 0 Å². The number of rotatable bonds is 1. The molecule has 0 saturated heterocycles. The summed E-state index contributed by atoms with van der Waals surface area (Å²) in [6.45, 7) is 1.71. The highest BCUT2D eigenvalue weighted by Crippen LogP contribution is 2.26. The number of aromatic amines is 1. The van der Waals surface area contributed by atoms with E-state index in [-0.39, 0.29) is 5.82 Å². The summed E-state index contributed by atoms with van der Waals surface area (Å²) in [7, 11) is 0. The fraction of sp³-hybridized carbons (Fsp3) is 0.111. The topological polar surface area (TPSA) is 41.6 Å². The van der Waals surface area contributed by atoms with Crippen LogP contribution in [0.2, 0.25) is 0 Å². The number of hydrogen-bond acceptors (Lipinski definition) is 2. The number of nitrogens with zero attached hydrogens (tertiary/aromatic N) is 2. The maximum atomic E-state index is 13.7. The van der Waals surface area contributed by atoms with E-state index < -0.39 is 0 Å². The minimum Gasteiger partial charge on any atom is -0.259 e. The van der Waals surface area contributed by atoms with Crippen molar-refractivity contribution in [3.05, 3.63) is 34.3 Å². The van der Waals surface area contributed by atoms with E-state index in [1.54, 1.807) is 19.1 Å². The molecule has 0 unspecified atom stereocenters. The van der Waals surface area contributed by atoms with E-state index >= 15 is 0 Å². The Balaban J connectivity index is 2.61. The molecule has 3 nitrogen and oxygen atoms in total. The summed E-state index contributed by atoms with van der Waals surface area (Å²) < 4.78 is 14.5. The Hall–Kier alpha value is -1.23. The normalized spacial score (nSPS) is 10.5. The van der Waals surface area contributed by atoms with Gasteiger partial charge in [-0.15, -0.1) is 0 Å². The van der Waals surface area contributed by atoms with Gasteiger partial charge in [0.15, 0.2) is 5.82 Å². The quantitative estimate of drug-likeness (QED) is 0.852. The predicted octanol–water partition coefficient (Wildman–Crippen LogP) is 2.68. The number of hydrogen-bond donors (Lipinski definition) is 1. The van der Waals surface area contributed by atoms with Crippen LogP contribution in [0, 0.1) is 12.7 Å². The molecule has 1 heterocycles. The monoisotopic (exact) mass is 255 g/mol. The van der Waals surface area contributed by atoms with Crippen LogP contribution >= 0.6 is 15.9 Å². The lowest BCUT2D eigenvalue weighted by Crippen LogP contribution is -1.91. The molecule has 0 atom stereocenters. The van der Waals surface area contributed by atoms with Crippen LogP contribution in [0.1, 0.15) is 5.56 Å². The highest BCUT2D eigenvalue weighted by molar-refractivity contribution is 9.10. The number of H-pyrrole nitrogens is 1. The molecule has 0 bridgehead atoms. The number of aromatic nitrogens is 3. The van der Waals surface area contributed by atoms with Gasteiger partial charge in [-0.2, -0.15) is 5.10 Å². The molecule has 2 aromatic rings. The van der Waals surface area contributed by atoms with Gasteiger partial charge in [0.2, 0.25) is 0 Å². The van der Waals surface area contributed by atoms with Crippen LogP contribution in [0.25, 0.3) is 11.4 Å². The molecule has 72 valence electrons. The van der Waals surface area contributed by atoms with Crippen LogP contribution in [-0.4, -0.2) is 15.2 Å². The Morgan fingerprint density at radius 2 is 2.21 bits per heavy atom. The fourth-order valence-corrected chi connectivity index (χ4v) is 1.49. The van der Waals surface area contributed by atoms with Crippen molar-refractivity contribution in [2.75, 3.05) is 0 Å². The molecule has 2 rings (SSSR count). The fourth-order valence-electron chi connectivity index (χ4n) is 1.18. The molecule has 0 amide bonds. The van der Waals surface area contributed by atoms with Crippen molar-refractivity contribution >= 4 is 15.9 Å². The van der Waals surface area contributed by atoms with Gasteiger partial charge in [-0.05, 0) is 24.6 Å². The van der Waals surface area contributed by atoms with Gasteiger partial charge in [0.05, 0.1) is 5.56 Å². The Bertz CT molecular complexity index is 453. The molecule has 0 saturated carbocycles. The van der Waals surface area contributed by atoms with Gasteiger partial charge in [0.25, 0.3) is 0 Å².